The standard InChI is InChI=1S/C23H25NO6/c1-21(2)22(14-17(28-3)19(25)29-4,15-30-16-10-6-5-7-11-16)23(21,20(26)27)18-12-8-9-13-24-18/h5-14H,15H2,1-4H3,(H,26,27)/t22-,23+/m0/s1. The summed E-state index contributed by atoms with van der Waals surface area (Å²) in [6.07, 6.45) is 3.07. The van der Waals surface area contributed by atoms with Gasteiger partial charge in [0.15, 0.2) is 0 Å². The fourth-order valence-corrected chi connectivity index (χ4v) is 4.56. The highest BCUT2D eigenvalue weighted by molar-refractivity contribution is 5.92. The van der Waals surface area contributed by atoms with Crippen molar-refractivity contribution in [2.24, 2.45) is 10.8 Å². The second-order valence-corrected chi connectivity index (χ2v) is 7.67. The minimum Gasteiger partial charge on any atom is -0.493 e. The summed E-state index contributed by atoms with van der Waals surface area (Å²) >= 11 is 0. The van der Waals surface area contributed by atoms with Gasteiger partial charge in [-0.15, -0.1) is 0 Å². The third-order valence-electron chi connectivity index (χ3n) is 6.22. The molecule has 0 spiro atoms. The number of carbonyl (C=O) groups is 2. The average Bonchev–Trinajstić information content (AvgIpc) is 3.20. The molecule has 1 fully saturated rings. The number of methoxy groups -OCH3 is 2. The van der Waals surface area contributed by atoms with Gasteiger partial charge in [0.2, 0.25) is 5.76 Å². The lowest BCUT2D eigenvalue weighted by atomic mass is 9.88. The third-order valence-corrected chi connectivity index (χ3v) is 6.22. The number of nitrogens with zero attached hydrogens (tertiary/aromatic N) is 1. The van der Waals surface area contributed by atoms with Crippen LogP contribution in [0.4, 0.5) is 0 Å². The molecular formula is C23H25NO6. The summed E-state index contributed by atoms with van der Waals surface area (Å²) in [6.45, 7) is 3.65. The van der Waals surface area contributed by atoms with Crippen molar-refractivity contribution in [1.82, 2.24) is 4.98 Å². The van der Waals surface area contributed by atoms with Crippen LogP contribution >= 0.6 is 0 Å². The lowest BCUT2D eigenvalue weighted by Gasteiger charge is -2.21. The van der Waals surface area contributed by atoms with E-state index in [-0.39, 0.29) is 12.4 Å². The number of esters is 1. The van der Waals surface area contributed by atoms with Gasteiger partial charge in [0.1, 0.15) is 11.2 Å². The van der Waals surface area contributed by atoms with Crippen molar-refractivity contribution in [2.45, 2.75) is 19.3 Å². The van der Waals surface area contributed by atoms with Gasteiger partial charge < -0.3 is 19.3 Å². The van der Waals surface area contributed by atoms with Gasteiger partial charge in [0.25, 0.3) is 0 Å². The number of carboxylic acid groups (broad SMARTS) is 1. The first-order valence-corrected chi connectivity index (χ1v) is 9.46. The first-order chi connectivity index (χ1) is 14.3. The van der Waals surface area contributed by atoms with E-state index in [4.69, 9.17) is 14.2 Å². The van der Waals surface area contributed by atoms with Crippen LogP contribution in [0, 0.1) is 10.8 Å². The number of rotatable bonds is 8. The molecule has 0 saturated heterocycles. The van der Waals surface area contributed by atoms with Crippen molar-refractivity contribution in [1.29, 1.82) is 0 Å². The Labute approximate surface area is 175 Å². The number of aromatic nitrogens is 1. The van der Waals surface area contributed by atoms with Crippen molar-refractivity contribution < 1.29 is 28.9 Å². The molecule has 1 aliphatic rings. The normalized spacial score (nSPS) is 24.6. The average molecular weight is 411 g/mol. The summed E-state index contributed by atoms with van der Waals surface area (Å²) in [7, 11) is 2.58. The van der Waals surface area contributed by atoms with Crippen molar-refractivity contribution in [3.05, 3.63) is 72.3 Å². The summed E-state index contributed by atoms with van der Waals surface area (Å²) in [5.41, 5.74) is -3.04. The molecule has 0 radical (unpaired) electrons. The van der Waals surface area contributed by atoms with E-state index in [1.54, 1.807) is 36.5 Å². The van der Waals surface area contributed by atoms with Crippen LogP contribution in [0.1, 0.15) is 19.5 Å². The van der Waals surface area contributed by atoms with E-state index in [0.717, 1.165) is 0 Å². The molecule has 1 aromatic heterocycles. The van der Waals surface area contributed by atoms with Gasteiger partial charge in [-0.1, -0.05) is 38.1 Å². The lowest BCUT2D eigenvalue weighted by Crippen LogP contribution is -2.32. The van der Waals surface area contributed by atoms with Crippen molar-refractivity contribution in [3.8, 4) is 5.75 Å². The van der Waals surface area contributed by atoms with E-state index in [1.165, 1.54) is 20.3 Å². The number of carbonyl (C=O) groups excluding carboxylic acids is 1. The Kier molecular flexibility index (Phi) is 5.57. The van der Waals surface area contributed by atoms with Crippen LogP contribution in [0.3, 0.4) is 0 Å². The number of aliphatic carboxylic acids is 1. The first kappa shape index (κ1) is 21.4. The van der Waals surface area contributed by atoms with E-state index in [2.05, 4.69) is 4.98 Å². The predicted octanol–water partition coefficient (Wildman–Crippen LogP) is 3.21. The highest BCUT2D eigenvalue weighted by Crippen LogP contribution is 2.79. The van der Waals surface area contributed by atoms with Crippen LogP contribution in [-0.4, -0.2) is 42.9 Å². The van der Waals surface area contributed by atoms with Crippen LogP contribution in [-0.2, 0) is 24.5 Å². The number of hydrogen-bond acceptors (Lipinski definition) is 6. The Morgan fingerprint density at radius 1 is 1.03 bits per heavy atom. The van der Waals surface area contributed by atoms with Gasteiger partial charge in [-0.3, -0.25) is 9.78 Å². The zero-order valence-electron chi connectivity index (χ0n) is 17.4. The van der Waals surface area contributed by atoms with Gasteiger partial charge in [0, 0.05) is 11.6 Å². The molecule has 7 heteroatoms. The number of para-hydroxylation sites is 1. The molecule has 2 atom stereocenters. The van der Waals surface area contributed by atoms with Crippen LogP contribution in [0.2, 0.25) is 0 Å². The largest absolute Gasteiger partial charge is 0.493 e. The van der Waals surface area contributed by atoms with E-state index >= 15 is 0 Å². The molecule has 0 unspecified atom stereocenters. The monoisotopic (exact) mass is 411 g/mol. The molecule has 1 N–H and O–H groups in total. The topological polar surface area (TPSA) is 95.0 Å². The molecule has 0 aliphatic heterocycles. The highest BCUT2D eigenvalue weighted by atomic mass is 16.6. The first-order valence-electron chi connectivity index (χ1n) is 9.46. The smallest absolute Gasteiger partial charge is 0.372 e. The summed E-state index contributed by atoms with van der Waals surface area (Å²) in [5, 5.41) is 10.4. The number of hydrogen-bond donors (Lipinski definition) is 1. The van der Waals surface area contributed by atoms with Gasteiger partial charge in [-0.05, 0) is 30.3 Å². The zero-order valence-corrected chi connectivity index (χ0v) is 17.4. The van der Waals surface area contributed by atoms with Gasteiger partial charge >= 0.3 is 11.9 Å². The van der Waals surface area contributed by atoms with E-state index < -0.39 is 28.2 Å². The Morgan fingerprint density at radius 3 is 2.23 bits per heavy atom. The Bertz CT molecular complexity index is 956. The molecular weight excluding hydrogens is 386 g/mol. The van der Waals surface area contributed by atoms with Crippen LogP contribution in [0.5, 0.6) is 5.75 Å². The Hall–Kier alpha value is -3.35. The second-order valence-electron chi connectivity index (χ2n) is 7.67. The van der Waals surface area contributed by atoms with Crippen molar-refractivity contribution in [2.75, 3.05) is 20.8 Å². The third kappa shape index (κ3) is 2.93. The fourth-order valence-electron chi connectivity index (χ4n) is 4.56. The number of ether oxygens (including phenoxy) is 3. The van der Waals surface area contributed by atoms with Crippen molar-refractivity contribution in [3.63, 3.8) is 0 Å². The van der Waals surface area contributed by atoms with E-state index in [1.807, 2.05) is 32.0 Å². The summed E-state index contributed by atoms with van der Waals surface area (Å²) < 4.78 is 16.1. The molecule has 0 amide bonds. The molecule has 30 heavy (non-hydrogen) atoms. The molecule has 0 bridgehead atoms. The minimum atomic E-state index is -1.44. The Morgan fingerprint density at radius 2 is 1.70 bits per heavy atom. The summed E-state index contributed by atoms with van der Waals surface area (Å²) in [6, 6.07) is 14.2. The number of pyridine rings is 1. The summed E-state index contributed by atoms with van der Waals surface area (Å²) in [5.74, 6) is -1.24. The number of carboxylic acids is 1. The van der Waals surface area contributed by atoms with Gasteiger partial charge in [-0.25, -0.2) is 4.79 Å². The SMILES string of the molecule is COC(=O)C(=C[C@]1(COc2ccccc2)C(C)(C)[C@]1(C(=O)O)c1ccccn1)OC. The molecule has 7 nitrogen and oxygen atoms in total. The number of benzene rings is 1. The minimum absolute atomic E-state index is 0.00323. The maximum atomic E-state index is 12.8. The highest BCUT2D eigenvalue weighted by Gasteiger charge is 2.87. The molecule has 1 saturated carbocycles. The van der Waals surface area contributed by atoms with Crippen molar-refractivity contribution >= 4 is 11.9 Å². The molecule has 3 rings (SSSR count). The molecule has 158 valence electrons. The Balaban J connectivity index is 2.19. The quantitative estimate of drug-likeness (QED) is 0.405. The maximum absolute atomic E-state index is 12.8. The molecule has 1 heterocycles. The van der Waals surface area contributed by atoms with Crippen LogP contribution in [0.25, 0.3) is 0 Å². The predicted molar refractivity (Wildman–Crippen MR) is 109 cm³/mol. The fraction of sp³-hybridized carbons (Fsp3) is 0.348. The lowest BCUT2D eigenvalue weighted by molar-refractivity contribution is -0.142. The zero-order chi connectivity index (χ0) is 22.0. The summed E-state index contributed by atoms with van der Waals surface area (Å²) in [4.78, 5) is 29.3. The molecule has 1 aromatic carbocycles. The molecule has 2 aromatic rings. The second kappa shape index (κ2) is 7.82. The van der Waals surface area contributed by atoms with Crippen LogP contribution < -0.4 is 4.74 Å². The molecule has 1 aliphatic carbocycles. The van der Waals surface area contributed by atoms with Gasteiger partial charge in [0.05, 0.1) is 31.9 Å². The van der Waals surface area contributed by atoms with E-state index in [9.17, 15) is 14.7 Å². The maximum Gasteiger partial charge on any atom is 0.372 e. The van der Waals surface area contributed by atoms with Gasteiger partial charge in [-0.2, -0.15) is 0 Å². The van der Waals surface area contributed by atoms with E-state index in [0.29, 0.717) is 11.4 Å². The van der Waals surface area contributed by atoms with Crippen LogP contribution in [0.15, 0.2) is 66.6 Å².